The van der Waals surface area contributed by atoms with Gasteiger partial charge in [0.2, 0.25) is 0 Å². The van der Waals surface area contributed by atoms with E-state index in [0.29, 0.717) is 22.9 Å². The van der Waals surface area contributed by atoms with Crippen LogP contribution in [-0.4, -0.2) is 5.84 Å². The van der Waals surface area contributed by atoms with Gasteiger partial charge in [-0.05, 0) is 29.8 Å². The van der Waals surface area contributed by atoms with Gasteiger partial charge >= 0.3 is 0 Å². The highest BCUT2D eigenvalue weighted by Crippen LogP contribution is 2.16. The molecule has 0 fully saturated rings. The quantitative estimate of drug-likeness (QED) is 0.655. The minimum Gasteiger partial charge on any atom is -0.489 e. The normalized spacial score (nSPS) is 10.1. The van der Waals surface area contributed by atoms with Gasteiger partial charge in [-0.15, -0.1) is 0 Å². The molecule has 2 aromatic rings. The smallest absolute Gasteiger partial charge is 0.122 e. The van der Waals surface area contributed by atoms with E-state index in [2.05, 4.69) is 0 Å². The molecule has 0 unspecified atom stereocenters. The number of nitrogens with two attached hydrogens (primary N) is 1. The van der Waals surface area contributed by atoms with Crippen LogP contribution in [0.4, 0.5) is 0 Å². The highest BCUT2D eigenvalue weighted by molar-refractivity contribution is 6.30. The van der Waals surface area contributed by atoms with Crippen LogP contribution in [0.2, 0.25) is 5.02 Å². The monoisotopic (exact) mass is 260 g/mol. The third-order valence-corrected chi connectivity index (χ3v) is 2.72. The van der Waals surface area contributed by atoms with Gasteiger partial charge in [0.15, 0.2) is 0 Å². The van der Waals surface area contributed by atoms with Crippen molar-refractivity contribution in [1.29, 1.82) is 5.41 Å². The fourth-order valence-corrected chi connectivity index (χ4v) is 1.63. The first-order chi connectivity index (χ1) is 8.65. The molecule has 3 nitrogen and oxygen atoms in total. The second-order valence-corrected chi connectivity index (χ2v) is 4.29. The Kier molecular flexibility index (Phi) is 3.85. The van der Waals surface area contributed by atoms with Crippen LogP contribution < -0.4 is 10.5 Å². The van der Waals surface area contributed by atoms with Gasteiger partial charge in [0.05, 0.1) is 0 Å². The highest BCUT2D eigenvalue weighted by Gasteiger charge is 2.00. The van der Waals surface area contributed by atoms with E-state index in [0.717, 1.165) is 5.56 Å². The molecule has 0 saturated heterocycles. The molecule has 0 amide bonds. The van der Waals surface area contributed by atoms with Gasteiger partial charge in [-0.1, -0.05) is 35.9 Å². The van der Waals surface area contributed by atoms with Crippen LogP contribution in [0.1, 0.15) is 11.1 Å². The molecule has 0 aliphatic rings. The number of rotatable bonds is 4. The largest absolute Gasteiger partial charge is 0.489 e. The number of ether oxygens (including phenoxy) is 1. The Labute approximate surface area is 111 Å². The Hall–Kier alpha value is -2.00. The Balaban J connectivity index is 2.04. The maximum absolute atomic E-state index is 7.36. The second-order valence-electron chi connectivity index (χ2n) is 3.86. The van der Waals surface area contributed by atoms with Crippen LogP contribution >= 0.6 is 11.6 Å². The van der Waals surface area contributed by atoms with Gasteiger partial charge in [0.1, 0.15) is 18.2 Å². The van der Waals surface area contributed by atoms with E-state index in [1.807, 2.05) is 36.4 Å². The molecule has 0 aliphatic heterocycles. The molecule has 0 heterocycles. The summed E-state index contributed by atoms with van der Waals surface area (Å²) in [6.45, 7) is 0.457. The van der Waals surface area contributed by atoms with Gasteiger partial charge in [-0.2, -0.15) is 0 Å². The van der Waals surface area contributed by atoms with Crippen molar-refractivity contribution in [2.45, 2.75) is 6.61 Å². The zero-order valence-electron chi connectivity index (χ0n) is 9.69. The van der Waals surface area contributed by atoms with E-state index < -0.39 is 0 Å². The summed E-state index contributed by atoms with van der Waals surface area (Å²) < 4.78 is 5.63. The molecule has 3 N–H and O–H groups in total. The molecule has 4 heteroatoms. The lowest BCUT2D eigenvalue weighted by Gasteiger charge is -2.07. The maximum atomic E-state index is 7.36. The lowest BCUT2D eigenvalue weighted by atomic mass is 10.2. The Bertz CT molecular complexity index is 552. The minimum atomic E-state index is 0.0342. The number of benzene rings is 2. The van der Waals surface area contributed by atoms with E-state index in [-0.39, 0.29) is 5.84 Å². The minimum absolute atomic E-state index is 0.0342. The van der Waals surface area contributed by atoms with Gasteiger partial charge < -0.3 is 10.5 Å². The molecular formula is C14H13ClN2O. The summed E-state index contributed by atoms with van der Waals surface area (Å²) in [4.78, 5) is 0. The third kappa shape index (κ3) is 3.25. The summed E-state index contributed by atoms with van der Waals surface area (Å²) in [6.07, 6.45) is 0. The summed E-state index contributed by atoms with van der Waals surface area (Å²) in [5, 5.41) is 8.07. The predicted octanol–water partition coefficient (Wildman–Crippen LogP) is 3.20. The van der Waals surface area contributed by atoms with E-state index >= 15 is 0 Å². The molecule has 0 atom stereocenters. The van der Waals surface area contributed by atoms with Gasteiger partial charge in [0, 0.05) is 10.6 Å². The van der Waals surface area contributed by atoms with Crippen molar-refractivity contribution in [1.82, 2.24) is 0 Å². The van der Waals surface area contributed by atoms with Crippen LogP contribution in [0.15, 0.2) is 48.5 Å². The molecule has 92 valence electrons. The third-order valence-electron chi connectivity index (χ3n) is 2.46. The fourth-order valence-electron chi connectivity index (χ4n) is 1.50. The first-order valence-electron chi connectivity index (χ1n) is 5.47. The van der Waals surface area contributed by atoms with Crippen molar-refractivity contribution in [3.05, 3.63) is 64.7 Å². The van der Waals surface area contributed by atoms with Crippen molar-refractivity contribution >= 4 is 17.4 Å². The zero-order chi connectivity index (χ0) is 13.0. The number of halogens is 1. The molecule has 0 saturated carbocycles. The average Bonchev–Trinajstić information content (AvgIpc) is 2.38. The summed E-state index contributed by atoms with van der Waals surface area (Å²) >= 11 is 5.81. The molecule has 18 heavy (non-hydrogen) atoms. The number of amidine groups is 1. The summed E-state index contributed by atoms with van der Waals surface area (Å²) in [5.41, 5.74) is 7.11. The Morgan fingerprint density at radius 3 is 2.56 bits per heavy atom. The van der Waals surface area contributed by atoms with Crippen LogP contribution in [0, 0.1) is 5.41 Å². The van der Waals surface area contributed by atoms with E-state index in [9.17, 15) is 0 Å². The zero-order valence-corrected chi connectivity index (χ0v) is 10.4. The van der Waals surface area contributed by atoms with Crippen LogP contribution in [-0.2, 0) is 6.61 Å². The molecule has 0 aromatic heterocycles. The summed E-state index contributed by atoms with van der Waals surface area (Å²) in [6, 6.07) is 14.7. The highest BCUT2D eigenvalue weighted by atomic mass is 35.5. The summed E-state index contributed by atoms with van der Waals surface area (Å²) in [7, 11) is 0. The Morgan fingerprint density at radius 2 is 1.89 bits per heavy atom. The number of hydrogen-bond acceptors (Lipinski definition) is 2. The molecule has 0 bridgehead atoms. The summed E-state index contributed by atoms with van der Waals surface area (Å²) in [5.74, 6) is 0.726. The molecule has 0 spiro atoms. The fraction of sp³-hybridized carbons (Fsp3) is 0.0714. The molecule has 2 rings (SSSR count). The Morgan fingerprint density at radius 1 is 1.17 bits per heavy atom. The van der Waals surface area contributed by atoms with Crippen molar-refractivity contribution in [2.24, 2.45) is 5.73 Å². The van der Waals surface area contributed by atoms with Gasteiger partial charge in [-0.25, -0.2) is 0 Å². The standard InChI is InChI=1S/C14H13ClN2O/c15-12-6-4-10(5-7-12)9-18-13-3-1-2-11(8-13)14(16)17/h1-8H,9H2,(H3,16,17). The van der Waals surface area contributed by atoms with Crippen LogP contribution in [0.25, 0.3) is 0 Å². The molecular weight excluding hydrogens is 248 g/mol. The van der Waals surface area contributed by atoms with E-state index in [1.165, 1.54) is 0 Å². The first-order valence-corrected chi connectivity index (χ1v) is 5.84. The van der Waals surface area contributed by atoms with Crippen molar-refractivity contribution in [3.63, 3.8) is 0 Å². The topological polar surface area (TPSA) is 59.1 Å². The average molecular weight is 261 g/mol. The van der Waals surface area contributed by atoms with Crippen molar-refractivity contribution < 1.29 is 4.74 Å². The van der Waals surface area contributed by atoms with Gasteiger partial charge in [0.25, 0.3) is 0 Å². The van der Waals surface area contributed by atoms with Crippen molar-refractivity contribution in [3.8, 4) is 5.75 Å². The molecule has 0 radical (unpaired) electrons. The number of nitrogens with one attached hydrogen (secondary N) is 1. The van der Waals surface area contributed by atoms with Crippen LogP contribution in [0.5, 0.6) is 5.75 Å². The lowest BCUT2D eigenvalue weighted by molar-refractivity contribution is 0.306. The van der Waals surface area contributed by atoms with Crippen LogP contribution in [0.3, 0.4) is 0 Å². The maximum Gasteiger partial charge on any atom is 0.122 e. The molecule has 2 aromatic carbocycles. The van der Waals surface area contributed by atoms with Gasteiger partial charge in [-0.3, -0.25) is 5.41 Å². The number of nitrogen functional groups attached to an aromatic ring is 1. The van der Waals surface area contributed by atoms with E-state index in [1.54, 1.807) is 12.1 Å². The lowest BCUT2D eigenvalue weighted by Crippen LogP contribution is -2.10. The van der Waals surface area contributed by atoms with E-state index in [4.69, 9.17) is 27.5 Å². The number of hydrogen-bond donors (Lipinski definition) is 2. The van der Waals surface area contributed by atoms with Crippen molar-refractivity contribution in [2.75, 3.05) is 0 Å². The second kappa shape index (κ2) is 5.56. The molecule has 0 aliphatic carbocycles. The first kappa shape index (κ1) is 12.5. The SMILES string of the molecule is N=C(N)c1cccc(OCc2ccc(Cl)cc2)c1. The predicted molar refractivity (Wildman–Crippen MR) is 73.2 cm³/mol.